The van der Waals surface area contributed by atoms with E-state index in [0.717, 1.165) is 30.4 Å². The van der Waals surface area contributed by atoms with E-state index in [1.165, 1.54) is 0 Å². The summed E-state index contributed by atoms with van der Waals surface area (Å²) in [5.41, 5.74) is 1.76. The Morgan fingerprint density at radius 2 is 1.16 bits per heavy atom. The molecule has 4 N–H and O–H groups in total. The highest BCUT2D eigenvalue weighted by Crippen LogP contribution is 2.26. The van der Waals surface area contributed by atoms with Gasteiger partial charge in [0.2, 0.25) is 0 Å². The van der Waals surface area contributed by atoms with Gasteiger partial charge in [0.05, 0.1) is 12.2 Å². The van der Waals surface area contributed by atoms with Gasteiger partial charge in [0, 0.05) is 37.0 Å². The Kier molecular flexibility index (Phi) is 8.79. The molecule has 0 amide bonds. The fraction of sp³-hybridized carbons (Fsp3) is 0.500. The summed E-state index contributed by atoms with van der Waals surface area (Å²) in [6.45, 7) is 5.08. The Balaban J connectivity index is 1.47. The zero-order valence-electron chi connectivity index (χ0n) is 18.6. The van der Waals surface area contributed by atoms with Crippen molar-refractivity contribution in [3.63, 3.8) is 0 Å². The number of rotatable bonds is 10. The molecule has 31 heavy (non-hydrogen) atoms. The Labute approximate surface area is 185 Å². The highest BCUT2D eigenvalue weighted by molar-refractivity contribution is 5.84. The first-order valence-electron chi connectivity index (χ1n) is 11.4. The minimum Gasteiger partial charge on any atom is -0.387 e. The van der Waals surface area contributed by atoms with Crippen molar-refractivity contribution >= 4 is 5.78 Å². The summed E-state index contributed by atoms with van der Waals surface area (Å²) in [5, 5.41) is 27.8. The lowest BCUT2D eigenvalue weighted by Gasteiger charge is -2.31. The van der Waals surface area contributed by atoms with E-state index in [2.05, 4.69) is 10.6 Å². The van der Waals surface area contributed by atoms with Gasteiger partial charge in [-0.2, -0.15) is 0 Å². The molecule has 1 aliphatic carbocycles. The molecule has 0 saturated heterocycles. The van der Waals surface area contributed by atoms with Crippen molar-refractivity contribution in [2.75, 3.05) is 13.1 Å². The average Bonchev–Trinajstić information content (AvgIpc) is 2.82. The fourth-order valence-corrected chi connectivity index (χ4v) is 4.39. The van der Waals surface area contributed by atoms with Crippen LogP contribution in [-0.2, 0) is 4.79 Å². The Morgan fingerprint density at radius 1 is 0.774 bits per heavy atom. The standard InChI is InChI=1S/C26H36N2O3/c1-18(24(29)20-10-5-3-6-11-20)27-16-22-14-9-15-23(26(22)31)17-28-19(2)25(30)21-12-7-4-8-13-21/h3-8,10-13,18-19,22-25,27-30H,9,14-17H2,1-2H3. The maximum Gasteiger partial charge on any atom is 0.141 e. The van der Waals surface area contributed by atoms with E-state index in [1.54, 1.807) is 0 Å². The lowest BCUT2D eigenvalue weighted by molar-refractivity contribution is -0.129. The van der Waals surface area contributed by atoms with Crippen LogP contribution in [-0.4, -0.2) is 41.2 Å². The van der Waals surface area contributed by atoms with Crippen molar-refractivity contribution in [2.24, 2.45) is 11.8 Å². The molecule has 168 valence electrons. The molecule has 5 nitrogen and oxygen atoms in total. The number of carbonyl (C=O) groups is 1. The Hall–Kier alpha value is -2.05. The van der Waals surface area contributed by atoms with E-state index in [1.807, 2.05) is 74.5 Å². The van der Waals surface area contributed by atoms with Gasteiger partial charge < -0.3 is 20.8 Å². The predicted molar refractivity (Wildman–Crippen MR) is 124 cm³/mol. The zero-order chi connectivity index (χ0) is 22.2. The molecule has 0 radical (unpaired) electrons. The van der Waals surface area contributed by atoms with Crippen LogP contribution >= 0.6 is 0 Å². The van der Waals surface area contributed by atoms with E-state index in [-0.39, 0.29) is 29.7 Å². The molecule has 1 aliphatic rings. The molecule has 6 unspecified atom stereocenters. The zero-order valence-corrected chi connectivity index (χ0v) is 18.6. The number of benzene rings is 2. The van der Waals surface area contributed by atoms with Gasteiger partial charge >= 0.3 is 0 Å². The topological polar surface area (TPSA) is 81.6 Å². The Bertz CT molecular complexity index is 733. The molecular formula is C26H36N2O3. The maximum atomic E-state index is 13.0. The highest BCUT2D eigenvalue weighted by Gasteiger charge is 2.32. The number of hydrogen-bond acceptors (Lipinski definition) is 5. The second-order valence-corrected chi connectivity index (χ2v) is 8.83. The summed E-state index contributed by atoms with van der Waals surface area (Å²) < 4.78 is 0. The molecule has 0 heterocycles. The minimum absolute atomic E-state index is 0.0275. The van der Waals surface area contributed by atoms with Gasteiger partial charge in [-0.3, -0.25) is 4.79 Å². The lowest BCUT2D eigenvalue weighted by atomic mass is 9.79. The number of nitrogens with one attached hydrogen (secondary N) is 2. The highest BCUT2D eigenvalue weighted by atomic mass is 16.3. The third-order valence-electron chi connectivity index (χ3n) is 6.51. The van der Waals surface area contributed by atoms with E-state index in [0.29, 0.717) is 13.1 Å². The molecule has 2 aromatic carbocycles. The molecule has 3 rings (SSSR count). The van der Waals surface area contributed by atoms with Crippen LogP contribution in [0.25, 0.3) is 0 Å². The van der Waals surface area contributed by atoms with Crippen molar-refractivity contribution in [2.45, 2.75) is 57.4 Å². The van der Waals surface area contributed by atoms with Crippen molar-refractivity contribution in [1.29, 1.82) is 0 Å². The first-order valence-corrected chi connectivity index (χ1v) is 11.4. The second-order valence-electron chi connectivity index (χ2n) is 8.83. The van der Waals surface area contributed by atoms with Crippen LogP contribution < -0.4 is 10.6 Å². The number of Topliss-reactive ketones (excluding diaryl/α,β-unsaturated/α-hetero) is 1. The predicted octanol–water partition coefficient (Wildman–Crippen LogP) is 3.40. The van der Waals surface area contributed by atoms with Crippen LogP contribution in [0.1, 0.15) is 56.4 Å². The third kappa shape index (κ3) is 6.47. The van der Waals surface area contributed by atoms with Gasteiger partial charge in [-0.1, -0.05) is 67.1 Å². The fourth-order valence-electron chi connectivity index (χ4n) is 4.39. The van der Waals surface area contributed by atoms with Gasteiger partial charge in [0.1, 0.15) is 5.78 Å². The van der Waals surface area contributed by atoms with Gasteiger partial charge in [-0.15, -0.1) is 0 Å². The number of hydrogen-bond donors (Lipinski definition) is 4. The molecule has 0 aliphatic heterocycles. The summed E-state index contributed by atoms with van der Waals surface area (Å²) in [6, 6.07) is 19.0. The molecule has 0 bridgehead atoms. The van der Waals surface area contributed by atoms with E-state index < -0.39 is 12.2 Å². The van der Waals surface area contributed by atoms with Gasteiger partial charge in [-0.05, 0) is 37.8 Å². The maximum absolute atomic E-state index is 13.0. The third-order valence-corrected chi connectivity index (χ3v) is 6.51. The summed E-state index contributed by atoms with van der Waals surface area (Å²) >= 11 is 0. The first kappa shape index (κ1) is 23.6. The number of aliphatic hydroxyl groups excluding tert-OH is 2. The SMILES string of the molecule is CC(NCC1CCCC(CNC(C)C(O)c2ccccc2)C1=O)C(O)c1ccccc1. The molecule has 2 aromatic rings. The lowest BCUT2D eigenvalue weighted by Crippen LogP contribution is -2.44. The van der Waals surface area contributed by atoms with Gasteiger partial charge in [0.15, 0.2) is 0 Å². The second kappa shape index (κ2) is 11.5. The van der Waals surface area contributed by atoms with E-state index in [9.17, 15) is 15.0 Å². The average molecular weight is 425 g/mol. The Morgan fingerprint density at radius 3 is 1.55 bits per heavy atom. The molecule has 6 atom stereocenters. The van der Waals surface area contributed by atoms with Gasteiger partial charge in [0.25, 0.3) is 0 Å². The van der Waals surface area contributed by atoms with Crippen molar-refractivity contribution < 1.29 is 15.0 Å². The van der Waals surface area contributed by atoms with Crippen molar-refractivity contribution in [1.82, 2.24) is 10.6 Å². The van der Waals surface area contributed by atoms with Crippen LogP contribution in [0.5, 0.6) is 0 Å². The largest absolute Gasteiger partial charge is 0.387 e. The van der Waals surface area contributed by atoms with Crippen LogP contribution in [0.15, 0.2) is 60.7 Å². The minimum atomic E-state index is -0.599. The molecule has 1 fully saturated rings. The summed E-state index contributed by atoms with van der Waals surface area (Å²) in [4.78, 5) is 13.0. The van der Waals surface area contributed by atoms with E-state index in [4.69, 9.17) is 0 Å². The van der Waals surface area contributed by atoms with Crippen molar-refractivity contribution in [3.8, 4) is 0 Å². The first-order chi connectivity index (χ1) is 15.0. The molecule has 1 saturated carbocycles. The smallest absolute Gasteiger partial charge is 0.141 e. The van der Waals surface area contributed by atoms with Crippen molar-refractivity contribution in [3.05, 3.63) is 71.8 Å². The molecule has 0 aromatic heterocycles. The molecule has 0 spiro atoms. The van der Waals surface area contributed by atoms with Crippen LogP contribution in [0.2, 0.25) is 0 Å². The summed E-state index contributed by atoms with van der Waals surface area (Å²) in [6.07, 6.45) is 1.60. The van der Waals surface area contributed by atoms with E-state index >= 15 is 0 Å². The molecular weight excluding hydrogens is 388 g/mol. The monoisotopic (exact) mass is 424 g/mol. The van der Waals surface area contributed by atoms with Crippen LogP contribution in [0.3, 0.4) is 0 Å². The summed E-state index contributed by atoms with van der Waals surface area (Å²) in [7, 11) is 0. The quantitative estimate of drug-likeness (QED) is 0.470. The number of carbonyl (C=O) groups excluding carboxylic acids is 1. The molecule has 5 heteroatoms. The number of ketones is 1. The normalized spacial score (nSPS) is 23.2. The van der Waals surface area contributed by atoms with Crippen LogP contribution in [0, 0.1) is 11.8 Å². The van der Waals surface area contributed by atoms with Gasteiger partial charge in [-0.25, -0.2) is 0 Å². The number of aliphatic hydroxyl groups is 2. The van der Waals surface area contributed by atoms with Crippen LogP contribution in [0.4, 0.5) is 0 Å². The summed E-state index contributed by atoms with van der Waals surface area (Å²) in [5.74, 6) is 0.231.